The first-order valence-corrected chi connectivity index (χ1v) is 7.95. The number of nitrogens with one attached hydrogen (secondary N) is 2. The van der Waals surface area contributed by atoms with E-state index in [0.29, 0.717) is 6.42 Å². The zero-order chi connectivity index (χ0) is 17.7. The van der Waals surface area contributed by atoms with Crippen molar-refractivity contribution in [2.45, 2.75) is 25.6 Å². The topological polar surface area (TPSA) is 58.2 Å². The molecule has 0 radical (unpaired) electrons. The van der Waals surface area contributed by atoms with E-state index in [1.165, 1.54) is 17.4 Å². The Hall–Kier alpha value is -2.35. The molecule has 24 heavy (non-hydrogen) atoms. The summed E-state index contributed by atoms with van der Waals surface area (Å²) in [4.78, 5) is 24.7. The van der Waals surface area contributed by atoms with Crippen molar-refractivity contribution in [2.75, 3.05) is 5.32 Å². The number of carbonyl (C=O) groups is 2. The monoisotopic (exact) mass is 356 g/mol. The van der Waals surface area contributed by atoms with E-state index < -0.39 is 23.6 Å². The van der Waals surface area contributed by atoms with Crippen molar-refractivity contribution in [1.82, 2.24) is 5.32 Å². The van der Waals surface area contributed by atoms with Gasteiger partial charge in [-0.2, -0.15) is 13.2 Å². The summed E-state index contributed by atoms with van der Waals surface area (Å²) in [6.45, 7) is 1.75. The third-order valence-electron chi connectivity index (χ3n) is 3.12. The average molecular weight is 356 g/mol. The van der Waals surface area contributed by atoms with Gasteiger partial charge in [-0.1, -0.05) is 12.1 Å². The summed E-state index contributed by atoms with van der Waals surface area (Å²) < 4.78 is 37.9. The van der Waals surface area contributed by atoms with Crippen LogP contribution in [0.1, 0.15) is 17.4 Å². The Labute approximate surface area is 140 Å². The molecule has 2 rings (SSSR count). The van der Waals surface area contributed by atoms with E-state index in [1.54, 1.807) is 6.92 Å². The second-order valence-electron chi connectivity index (χ2n) is 5.19. The first-order chi connectivity index (χ1) is 11.3. The highest BCUT2D eigenvalue weighted by Crippen LogP contribution is 2.30. The molecule has 0 aliphatic carbocycles. The molecule has 0 aliphatic rings. The van der Waals surface area contributed by atoms with Gasteiger partial charge in [0.2, 0.25) is 0 Å². The quantitative estimate of drug-likeness (QED) is 0.825. The van der Waals surface area contributed by atoms with Gasteiger partial charge < -0.3 is 10.6 Å². The van der Waals surface area contributed by atoms with Gasteiger partial charge >= 0.3 is 18.0 Å². The van der Waals surface area contributed by atoms with Gasteiger partial charge in [-0.3, -0.25) is 9.59 Å². The van der Waals surface area contributed by atoms with Crippen molar-refractivity contribution >= 4 is 28.8 Å². The van der Waals surface area contributed by atoms with Crippen molar-refractivity contribution in [2.24, 2.45) is 0 Å². The lowest BCUT2D eigenvalue weighted by molar-refractivity contribution is -0.137. The first kappa shape index (κ1) is 18.0. The van der Waals surface area contributed by atoms with Crippen molar-refractivity contribution in [3.63, 3.8) is 0 Å². The molecule has 0 saturated carbocycles. The molecule has 0 saturated heterocycles. The highest BCUT2D eigenvalue weighted by atomic mass is 32.1. The third kappa shape index (κ3) is 5.09. The molecule has 0 fully saturated rings. The molecule has 2 amide bonds. The Morgan fingerprint density at radius 3 is 2.54 bits per heavy atom. The van der Waals surface area contributed by atoms with Gasteiger partial charge in [0.15, 0.2) is 0 Å². The number of rotatable bonds is 4. The van der Waals surface area contributed by atoms with E-state index in [1.807, 2.05) is 17.5 Å². The van der Waals surface area contributed by atoms with Crippen LogP contribution in [0.15, 0.2) is 41.8 Å². The summed E-state index contributed by atoms with van der Waals surface area (Å²) in [5, 5.41) is 6.59. The Morgan fingerprint density at radius 2 is 1.92 bits per heavy atom. The fraction of sp³-hybridized carbons (Fsp3) is 0.250. The summed E-state index contributed by atoms with van der Waals surface area (Å²) in [6.07, 6.45) is -3.95. The molecule has 0 spiro atoms. The minimum atomic E-state index is -4.52. The van der Waals surface area contributed by atoms with Crippen molar-refractivity contribution in [1.29, 1.82) is 0 Å². The molecule has 0 aliphatic heterocycles. The molecule has 1 heterocycles. The van der Waals surface area contributed by atoms with Crippen molar-refractivity contribution < 1.29 is 22.8 Å². The van der Waals surface area contributed by atoms with Crippen LogP contribution in [0.4, 0.5) is 18.9 Å². The van der Waals surface area contributed by atoms with Gasteiger partial charge in [-0.05, 0) is 36.6 Å². The number of alkyl halides is 3. The van der Waals surface area contributed by atoms with E-state index in [4.69, 9.17) is 0 Å². The van der Waals surface area contributed by atoms with Crippen LogP contribution in [0.5, 0.6) is 0 Å². The van der Waals surface area contributed by atoms with Crippen LogP contribution >= 0.6 is 11.3 Å². The minimum Gasteiger partial charge on any atom is -0.345 e. The maximum Gasteiger partial charge on any atom is 0.416 e. The van der Waals surface area contributed by atoms with Gasteiger partial charge in [0, 0.05) is 23.0 Å². The lowest BCUT2D eigenvalue weighted by atomic mass is 10.2. The summed E-state index contributed by atoms with van der Waals surface area (Å²) in [6, 6.07) is 7.64. The van der Waals surface area contributed by atoms with E-state index >= 15 is 0 Å². The second-order valence-corrected chi connectivity index (χ2v) is 6.22. The third-order valence-corrected chi connectivity index (χ3v) is 4.02. The predicted octanol–water partition coefficient (Wildman–Crippen LogP) is 3.45. The highest BCUT2D eigenvalue weighted by Gasteiger charge is 2.30. The molecule has 1 aromatic heterocycles. The Bertz CT molecular complexity index is 714. The largest absolute Gasteiger partial charge is 0.416 e. The number of benzene rings is 1. The molecule has 2 N–H and O–H groups in total. The number of thiophene rings is 1. The lowest BCUT2D eigenvalue weighted by Crippen LogP contribution is -2.41. The second kappa shape index (κ2) is 7.48. The lowest BCUT2D eigenvalue weighted by Gasteiger charge is -2.13. The smallest absolute Gasteiger partial charge is 0.345 e. The molecule has 1 aromatic carbocycles. The minimum absolute atomic E-state index is 0.0871. The molecule has 1 unspecified atom stereocenters. The zero-order valence-electron chi connectivity index (χ0n) is 12.7. The standard InChI is InChI=1S/C16H15F3N2O2S/c1-10(8-13-6-3-7-24-13)20-14(22)15(23)21-12-5-2-4-11(9-12)16(17,18)19/h2-7,9-10H,8H2,1H3,(H,20,22)(H,21,23). The molecular formula is C16H15F3N2O2S. The number of halogens is 3. The molecule has 4 nitrogen and oxygen atoms in total. The van der Waals surface area contributed by atoms with Gasteiger partial charge in [0.25, 0.3) is 0 Å². The number of hydrogen-bond donors (Lipinski definition) is 2. The number of anilines is 1. The zero-order valence-corrected chi connectivity index (χ0v) is 13.5. The Morgan fingerprint density at radius 1 is 1.17 bits per heavy atom. The molecule has 0 bridgehead atoms. The predicted molar refractivity (Wildman–Crippen MR) is 85.7 cm³/mol. The fourth-order valence-electron chi connectivity index (χ4n) is 2.03. The SMILES string of the molecule is CC(Cc1cccs1)NC(=O)C(=O)Nc1cccc(C(F)(F)F)c1. The number of carbonyl (C=O) groups excluding carboxylic acids is 2. The van der Waals surface area contributed by atoms with E-state index in [-0.39, 0.29) is 11.7 Å². The van der Waals surface area contributed by atoms with Gasteiger partial charge in [0.05, 0.1) is 5.56 Å². The summed E-state index contributed by atoms with van der Waals surface area (Å²) >= 11 is 1.53. The van der Waals surface area contributed by atoms with E-state index in [9.17, 15) is 22.8 Å². The highest BCUT2D eigenvalue weighted by molar-refractivity contribution is 7.09. The average Bonchev–Trinajstić information content (AvgIpc) is 2.99. The van der Waals surface area contributed by atoms with Crippen LogP contribution < -0.4 is 10.6 Å². The van der Waals surface area contributed by atoms with Crippen LogP contribution in [0.25, 0.3) is 0 Å². The van der Waals surface area contributed by atoms with Crippen molar-refractivity contribution in [3.05, 3.63) is 52.2 Å². The van der Waals surface area contributed by atoms with Crippen LogP contribution in [0.2, 0.25) is 0 Å². The summed E-state index contributed by atoms with van der Waals surface area (Å²) in [5.41, 5.74) is -0.984. The van der Waals surface area contributed by atoms with Gasteiger partial charge in [-0.15, -0.1) is 11.3 Å². The molecule has 2 aromatic rings. The fourth-order valence-corrected chi connectivity index (χ4v) is 2.87. The van der Waals surface area contributed by atoms with Crippen LogP contribution in [0, 0.1) is 0 Å². The Kier molecular flexibility index (Phi) is 5.61. The molecule has 128 valence electrons. The Balaban J connectivity index is 1.93. The van der Waals surface area contributed by atoms with Gasteiger partial charge in [-0.25, -0.2) is 0 Å². The molecular weight excluding hydrogens is 341 g/mol. The maximum absolute atomic E-state index is 12.6. The molecule has 8 heteroatoms. The first-order valence-electron chi connectivity index (χ1n) is 7.07. The van der Waals surface area contributed by atoms with Crippen LogP contribution in [-0.4, -0.2) is 17.9 Å². The molecule has 1 atom stereocenters. The van der Waals surface area contributed by atoms with E-state index in [0.717, 1.165) is 23.1 Å². The maximum atomic E-state index is 12.6. The normalized spacial score (nSPS) is 12.5. The van der Waals surface area contributed by atoms with Crippen LogP contribution in [0.3, 0.4) is 0 Å². The van der Waals surface area contributed by atoms with Gasteiger partial charge in [0.1, 0.15) is 0 Å². The van der Waals surface area contributed by atoms with Crippen LogP contribution in [-0.2, 0) is 22.2 Å². The summed E-state index contributed by atoms with van der Waals surface area (Å²) in [7, 11) is 0. The van der Waals surface area contributed by atoms with Crippen molar-refractivity contribution in [3.8, 4) is 0 Å². The number of amides is 2. The van der Waals surface area contributed by atoms with E-state index in [2.05, 4.69) is 10.6 Å². The number of hydrogen-bond acceptors (Lipinski definition) is 3. The summed E-state index contributed by atoms with van der Waals surface area (Å²) in [5.74, 6) is -1.90.